The van der Waals surface area contributed by atoms with E-state index < -0.39 is 0 Å². The van der Waals surface area contributed by atoms with Gasteiger partial charge in [0.15, 0.2) is 0 Å². The molecule has 0 bridgehead atoms. The topological polar surface area (TPSA) is 28.3 Å². The zero-order valence-corrected chi connectivity index (χ0v) is 9.98. The number of aromatic nitrogens is 1. The van der Waals surface area contributed by atoms with Crippen molar-refractivity contribution < 1.29 is 4.74 Å². The molecule has 2 aromatic rings. The fourth-order valence-corrected chi connectivity index (χ4v) is 2.42. The Labute approximate surface area is 101 Å². The molecule has 0 radical (unpaired) electrons. The van der Waals surface area contributed by atoms with Crippen LogP contribution in [0.4, 0.5) is 0 Å². The van der Waals surface area contributed by atoms with E-state index in [2.05, 4.69) is 28.1 Å². The summed E-state index contributed by atoms with van der Waals surface area (Å²) >= 11 is 0. The molecule has 2 heterocycles. The Morgan fingerprint density at radius 1 is 1.18 bits per heavy atom. The van der Waals surface area contributed by atoms with Crippen LogP contribution in [0, 0.1) is 0 Å². The summed E-state index contributed by atoms with van der Waals surface area (Å²) in [5, 5.41) is 1.23. The zero-order chi connectivity index (χ0) is 11.5. The second-order valence-corrected chi connectivity index (χ2v) is 4.62. The molecule has 17 heavy (non-hydrogen) atoms. The number of hydrogen-bond acceptors (Lipinski definition) is 2. The van der Waals surface area contributed by atoms with Gasteiger partial charge in [-0.3, -0.25) is 4.90 Å². The van der Waals surface area contributed by atoms with Crippen molar-refractivity contribution in [1.82, 2.24) is 9.88 Å². The Kier molecular flexibility index (Phi) is 3.01. The lowest BCUT2D eigenvalue weighted by Gasteiger charge is -2.14. The summed E-state index contributed by atoms with van der Waals surface area (Å²) in [5.41, 5.74) is 1.14. The second-order valence-electron chi connectivity index (χ2n) is 4.62. The van der Waals surface area contributed by atoms with E-state index in [-0.39, 0.29) is 0 Å². The number of rotatable bonds is 4. The van der Waals surface area contributed by atoms with Gasteiger partial charge in [0.2, 0.25) is 0 Å². The van der Waals surface area contributed by atoms with E-state index in [1.165, 1.54) is 31.3 Å². The number of hydrogen-bond donors (Lipinski definition) is 1. The minimum absolute atomic E-state index is 0.784. The van der Waals surface area contributed by atoms with Gasteiger partial charge in [-0.15, -0.1) is 0 Å². The first-order valence-electron chi connectivity index (χ1n) is 6.34. The van der Waals surface area contributed by atoms with Gasteiger partial charge in [0, 0.05) is 24.3 Å². The van der Waals surface area contributed by atoms with Gasteiger partial charge in [-0.05, 0) is 49.5 Å². The molecule has 1 fully saturated rings. The summed E-state index contributed by atoms with van der Waals surface area (Å²) in [7, 11) is 0. The van der Waals surface area contributed by atoms with E-state index in [1.54, 1.807) is 0 Å². The first-order chi connectivity index (χ1) is 8.42. The van der Waals surface area contributed by atoms with Crippen molar-refractivity contribution in [3.05, 3.63) is 30.5 Å². The molecule has 0 amide bonds. The summed E-state index contributed by atoms with van der Waals surface area (Å²) in [4.78, 5) is 5.67. The van der Waals surface area contributed by atoms with Crippen molar-refractivity contribution in [2.24, 2.45) is 0 Å². The van der Waals surface area contributed by atoms with Crippen LogP contribution in [-0.2, 0) is 0 Å². The van der Waals surface area contributed by atoms with Crippen LogP contribution in [0.15, 0.2) is 30.5 Å². The minimum atomic E-state index is 0.784. The molecule has 1 aliphatic rings. The van der Waals surface area contributed by atoms with Crippen molar-refractivity contribution in [2.45, 2.75) is 12.8 Å². The SMILES string of the molecule is c1cc2ccc(OCCN3CCCC3)cc2[nH]1. The highest BCUT2D eigenvalue weighted by atomic mass is 16.5. The predicted molar refractivity (Wildman–Crippen MR) is 69.5 cm³/mol. The first kappa shape index (κ1) is 10.7. The van der Waals surface area contributed by atoms with Crippen LogP contribution in [0.3, 0.4) is 0 Å². The maximum Gasteiger partial charge on any atom is 0.121 e. The molecular formula is C14H18N2O. The highest BCUT2D eigenvalue weighted by Gasteiger charge is 2.10. The third-order valence-corrected chi connectivity index (χ3v) is 3.40. The molecule has 0 saturated carbocycles. The van der Waals surface area contributed by atoms with Crippen molar-refractivity contribution >= 4 is 10.9 Å². The van der Waals surface area contributed by atoms with Gasteiger partial charge in [-0.25, -0.2) is 0 Å². The van der Waals surface area contributed by atoms with Crippen molar-refractivity contribution in [3.63, 3.8) is 0 Å². The van der Waals surface area contributed by atoms with Gasteiger partial charge in [-0.1, -0.05) is 0 Å². The lowest BCUT2D eigenvalue weighted by molar-refractivity contribution is 0.238. The third kappa shape index (κ3) is 2.44. The lowest BCUT2D eigenvalue weighted by Crippen LogP contribution is -2.25. The molecule has 0 aliphatic carbocycles. The minimum Gasteiger partial charge on any atom is -0.492 e. The largest absolute Gasteiger partial charge is 0.492 e. The van der Waals surface area contributed by atoms with Crippen molar-refractivity contribution in [3.8, 4) is 5.75 Å². The lowest BCUT2D eigenvalue weighted by atomic mass is 10.2. The van der Waals surface area contributed by atoms with Crippen LogP contribution in [-0.4, -0.2) is 36.1 Å². The zero-order valence-electron chi connectivity index (χ0n) is 9.98. The maximum atomic E-state index is 5.78. The average Bonchev–Trinajstić information content (AvgIpc) is 2.98. The average molecular weight is 230 g/mol. The van der Waals surface area contributed by atoms with Crippen LogP contribution in [0.25, 0.3) is 10.9 Å². The fourth-order valence-electron chi connectivity index (χ4n) is 2.42. The highest BCUT2D eigenvalue weighted by molar-refractivity contribution is 5.80. The van der Waals surface area contributed by atoms with Crippen LogP contribution >= 0.6 is 0 Å². The van der Waals surface area contributed by atoms with Crippen LogP contribution in [0.1, 0.15) is 12.8 Å². The standard InChI is InChI=1S/C14H18N2O/c1-2-8-16(7-1)9-10-17-13-4-3-12-5-6-15-14(12)11-13/h3-6,11,15H,1-2,7-10H2. The molecule has 90 valence electrons. The second kappa shape index (κ2) is 4.80. The van der Waals surface area contributed by atoms with E-state index in [0.717, 1.165) is 24.4 Å². The Hall–Kier alpha value is -1.48. The molecule has 3 rings (SSSR count). The summed E-state index contributed by atoms with van der Waals surface area (Å²) in [5.74, 6) is 0.958. The molecular weight excluding hydrogens is 212 g/mol. The van der Waals surface area contributed by atoms with E-state index in [0.29, 0.717) is 0 Å². The molecule has 3 nitrogen and oxygen atoms in total. The fraction of sp³-hybridized carbons (Fsp3) is 0.429. The number of benzene rings is 1. The van der Waals surface area contributed by atoms with E-state index >= 15 is 0 Å². The van der Waals surface area contributed by atoms with Crippen LogP contribution in [0.2, 0.25) is 0 Å². The monoisotopic (exact) mass is 230 g/mol. The van der Waals surface area contributed by atoms with Gasteiger partial charge in [-0.2, -0.15) is 0 Å². The number of H-pyrrole nitrogens is 1. The van der Waals surface area contributed by atoms with E-state index in [1.807, 2.05) is 12.3 Å². The third-order valence-electron chi connectivity index (χ3n) is 3.40. The van der Waals surface area contributed by atoms with Crippen molar-refractivity contribution in [1.29, 1.82) is 0 Å². The molecule has 3 heteroatoms. The molecule has 1 saturated heterocycles. The number of ether oxygens (including phenoxy) is 1. The maximum absolute atomic E-state index is 5.78. The number of fused-ring (bicyclic) bond motifs is 1. The molecule has 1 N–H and O–H groups in total. The number of nitrogens with one attached hydrogen (secondary N) is 1. The Morgan fingerprint density at radius 2 is 2.06 bits per heavy atom. The summed E-state index contributed by atoms with van der Waals surface area (Å²) < 4.78 is 5.78. The quantitative estimate of drug-likeness (QED) is 0.874. The van der Waals surface area contributed by atoms with Gasteiger partial charge in [0.1, 0.15) is 12.4 Å². The first-order valence-corrected chi connectivity index (χ1v) is 6.34. The van der Waals surface area contributed by atoms with Crippen molar-refractivity contribution in [2.75, 3.05) is 26.2 Å². The molecule has 1 aromatic heterocycles. The van der Waals surface area contributed by atoms with E-state index in [4.69, 9.17) is 4.74 Å². The molecule has 0 unspecified atom stereocenters. The van der Waals surface area contributed by atoms with Gasteiger partial charge in [0.05, 0.1) is 0 Å². The summed E-state index contributed by atoms with van der Waals surface area (Å²) in [6.07, 6.45) is 4.64. The van der Waals surface area contributed by atoms with Crippen LogP contribution < -0.4 is 4.74 Å². The van der Waals surface area contributed by atoms with Gasteiger partial charge < -0.3 is 9.72 Å². The number of nitrogens with zero attached hydrogens (tertiary/aromatic N) is 1. The molecule has 1 aliphatic heterocycles. The highest BCUT2D eigenvalue weighted by Crippen LogP contribution is 2.19. The number of likely N-dealkylation sites (tertiary alicyclic amines) is 1. The van der Waals surface area contributed by atoms with Gasteiger partial charge >= 0.3 is 0 Å². The van der Waals surface area contributed by atoms with Crippen LogP contribution in [0.5, 0.6) is 5.75 Å². The Morgan fingerprint density at radius 3 is 2.94 bits per heavy atom. The van der Waals surface area contributed by atoms with E-state index in [9.17, 15) is 0 Å². The molecule has 1 aromatic carbocycles. The Bertz CT molecular complexity index is 486. The smallest absolute Gasteiger partial charge is 0.121 e. The normalized spacial score (nSPS) is 16.7. The number of aromatic amines is 1. The Balaban J connectivity index is 1.56. The predicted octanol–water partition coefficient (Wildman–Crippen LogP) is 2.64. The molecule has 0 atom stereocenters. The van der Waals surface area contributed by atoms with Gasteiger partial charge in [0.25, 0.3) is 0 Å². The summed E-state index contributed by atoms with van der Waals surface area (Å²) in [6.45, 7) is 4.30. The molecule has 0 spiro atoms. The summed E-state index contributed by atoms with van der Waals surface area (Å²) in [6, 6.07) is 8.28.